The van der Waals surface area contributed by atoms with Crippen molar-refractivity contribution in [3.63, 3.8) is 0 Å². The number of carbonyl (C=O) groups is 1. The Bertz CT molecular complexity index is 1590. The van der Waals surface area contributed by atoms with Crippen molar-refractivity contribution < 1.29 is 19.0 Å². The highest BCUT2D eigenvalue weighted by Crippen LogP contribution is 2.39. The van der Waals surface area contributed by atoms with Gasteiger partial charge >= 0.3 is 0 Å². The molecule has 0 bridgehead atoms. The number of benzene rings is 3. The summed E-state index contributed by atoms with van der Waals surface area (Å²) in [6.07, 6.45) is 5.75. The minimum absolute atomic E-state index is 0.0301. The number of halogens is 2. The van der Waals surface area contributed by atoms with Crippen LogP contribution in [-0.4, -0.2) is 26.4 Å². The van der Waals surface area contributed by atoms with Gasteiger partial charge in [-0.2, -0.15) is 0 Å². The molecule has 0 spiro atoms. The maximum absolute atomic E-state index is 12.9. The summed E-state index contributed by atoms with van der Waals surface area (Å²) in [5.74, 6) is 1.92. The fraction of sp³-hybridized carbons (Fsp3) is 0.233. The summed E-state index contributed by atoms with van der Waals surface area (Å²) in [7, 11) is 0. The maximum Gasteiger partial charge on any atom is 0.170 e. The molecule has 0 fully saturated rings. The average Bonchev–Trinajstić information content (AvgIpc) is 3.33. The second-order valence-corrected chi connectivity index (χ2v) is 11.1. The SMILES string of the molecule is CC1(C)C=Cc2cc(C3CC(=O)c4ccc(OCc5cn(Cc6cc(Cl)cc(Cl)c6)nn5)cc4O3)ccc2O1. The number of ether oxygens (including phenoxy) is 3. The topological polar surface area (TPSA) is 75.5 Å². The van der Waals surface area contributed by atoms with Crippen LogP contribution in [0.3, 0.4) is 0 Å². The average molecular weight is 562 g/mol. The quantitative estimate of drug-likeness (QED) is 0.250. The fourth-order valence-corrected chi connectivity index (χ4v) is 5.28. The third kappa shape index (κ3) is 5.65. The Kier molecular flexibility index (Phi) is 6.57. The molecule has 2 aliphatic heterocycles. The maximum atomic E-state index is 12.9. The van der Waals surface area contributed by atoms with E-state index in [9.17, 15) is 4.79 Å². The lowest BCUT2D eigenvalue weighted by molar-refractivity contribution is 0.0849. The van der Waals surface area contributed by atoms with Crippen molar-refractivity contribution in [3.8, 4) is 17.2 Å². The third-order valence-corrected chi connectivity index (χ3v) is 7.01. The molecule has 0 saturated carbocycles. The summed E-state index contributed by atoms with van der Waals surface area (Å²) in [4.78, 5) is 12.9. The van der Waals surface area contributed by atoms with E-state index in [-0.39, 0.29) is 24.4 Å². The number of nitrogens with zero attached hydrogens (tertiary/aromatic N) is 3. The Morgan fingerprint density at radius 2 is 1.87 bits per heavy atom. The monoisotopic (exact) mass is 561 g/mol. The van der Waals surface area contributed by atoms with Crippen LogP contribution in [0.1, 0.15) is 59.1 Å². The second-order valence-electron chi connectivity index (χ2n) is 10.2. The molecule has 0 radical (unpaired) electrons. The van der Waals surface area contributed by atoms with Crippen LogP contribution in [0, 0.1) is 0 Å². The van der Waals surface area contributed by atoms with Gasteiger partial charge in [-0.25, -0.2) is 4.68 Å². The first-order valence-corrected chi connectivity index (χ1v) is 13.3. The van der Waals surface area contributed by atoms with Crippen LogP contribution in [0.25, 0.3) is 6.08 Å². The zero-order valence-corrected chi connectivity index (χ0v) is 22.9. The highest BCUT2D eigenvalue weighted by atomic mass is 35.5. The van der Waals surface area contributed by atoms with E-state index in [1.54, 1.807) is 35.1 Å². The molecule has 2 aliphatic rings. The van der Waals surface area contributed by atoms with E-state index in [0.717, 1.165) is 22.4 Å². The van der Waals surface area contributed by atoms with Gasteiger partial charge < -0.3 is 14.2 Å². The van der Waals surface area contributed by atoms with Crippen molar-refractivity contribution in [2.24, 2.45) is 0 Å². The van der Waals surface area contributed by atoms with E-state index in [4.69, 9.17) is 37.4 Å². The molecule has 3 aromatic carbocycles. The normalized spacial score (nSPS) is 17.1. The van der Waals surface area contributed by atoms with Gasteiger partial charge in [-0.1, -0.05) is 40.6 Å². The molecule has 6 rings (SSSR count). The van der Waals surface area contributed by atoms with Crippen molar-refractivity contribution in [2.75, 3.05) is 0 Å². The molecule has 1 unspecified atom stereocenters. The molecule has 9 heteroatoms. The molecule has 1 atom stereocenters. The Balaban J connectivity index is 1.13. The molecule has 0 N–H and O–H groups in total. The van der Waals surface area contributed by atoms with Gasteiger partial charge in [0, 0.05) is 21.7 Å². The van der Waals surface area contributed by atoms with E-state index in [0.29, 0.717) is 39.3 Å². The highest BCUT2D eigenvalue weighted by molar-refractivity contribution is 6.34. The number of ketones is 1. The molecule has 4 aromatic rings. The highest BCUT2D eigenvalue weighted by Gasteiger charge is 2.29. The molecular formula is C30H25Cl2N3O4. The van der Waals surface area contributed by atoms with Crippen molar-refractivity contribution in [1.82, 2.24) is 15.0 Å². The van der Waals surface area contributed by atoms with E-state index in [1.807, 2.05) is 56.3 Å². The smallest absolute Gasteiger partial charge is 0.170 e. The molecule has 198 valence electrons. The van der Waals surface area contributed by atoms with Gasteiger partial charge in [0.25, 0.3) is 0 Å². The van der Waals surface area contributed by atoms with E-state index in [2.05, 4.69) is 10.3 Å². The Morgan fingerprint density at radius 1 is 1.05 bits per heavy atom. The van der Waals surface area contributed by atoms with Gasteiger partial charge in [0.2, 0.25) is 0 Å². The van der Waals surface area contributed by atoms with Crippen LogP contribution in [-0.2, 0) is 13.2 Å². The lowest BCUT2D eigenvalue weighted by atomic mass is 9.94. The number of hydrogen-bond donors (Lipinski definition) is 0. The lowest BCUT2D eigenvalue weighted by Gasteiger charge is -2.30. The second kappa shape index (κ2) is 10.1. The van der Waals surface area contributed by atoms with Crippen molar-refractivity contribution >= 4 is 35.1 Å². The number of fused-ring (bicyclic) bond motifs is 2. The van der Waals surface area contributed by atoms with Gasteiger partial charge in [0.15, 0.2) is 5.78 Å². The first-order chi connectivity index (χ1) is 18.7. The van der Waals surface area contributed by atoms with Crippen LogP contribution in [0.2, 0.25) is 10.0 Å². The number of rotatable bonds is 6. The lowest BCUT2D eigenvalue weighted by Crippen LogP contribution is -2.27. The number of Topliss-reactive ketones (excluding diaryl/α,β-unsaturated/α-hetero) is 1. The zero-order chi connectivity index (χ0) is 27.1. The Hall–Kier alpha value is -3.81. The van der Waals surface area contributed by atoms with Gasteiger partial charge in [-0.05, 0) is 73.5 Å². The predicted molar refractivity (Wildman–Crippen MR) is 149 cm³/mol. The summed E-state index contributed by atoms with van der Waals surface area (Å²) in [5, 5.41) is 9.49. The minimum Gasteiger partial charge on any atom is -0.487 e. The molecule has 7 nitrogen and oxygen atoms in total. The van der Waals surface area contributed by atoms with Gasteiger partial charge in [0.1, 0.15) is 41.3 Å². The number of hydrogen-bond acceptors (Lipinski definition) is 6. The third-order valence-electron chi connectivity index (χ3n) is 6.58. The van der Waals surface area contributed by atoms with Gasteiger partial charge in [0.05, 0.1) is 24.7 Å². The van der Waals surface area contributed by atoms with E-state index in [1.165, 1.54) is 0 Å². The molecule has 0 saturated heterocycles. The summed E-state index contributed by atoms with van der Waals surface area (Å²) in [6.45, 7) is 4.71. The number of aromatic nitrogens is 3. The van der Waals surface area contributed by atoms with Crippen LogP contribution >= 0.6 is 23.2 Å². The van der Waals surface area contributed by atoms with Crippen LogP contribution in [0.15, 0.2) is 66.9 Å². The van der Waals surface area contributed by atoms with Crippen LogP contribution < -0.4 is 14.2 Å². The van der Waals surface area contributed by atoms with Gasteiger partial charge in [-0.15, -0.1) is 5.10 Å². The van der Waals surface area contributed by atoms with E-state index >= 15 is 0 Å². The van der Waals surface area contributed by atoms with Crippen molar-refractivity contribution in [2.45, 2.75) is 45.1 Å². The molecule has 39 heavy (non-hydrogen) atoms. The first kappa shape index (κ1) is 25.5. The Morgan fingerprint density at radius 3 is 2.69 bits per heavy atom. The molecule has 0 aliphatic carbocycles. The zero-order valence-electron chi connectivity index (χ0n) is 21.4. The van der Waals surface area contributed by atoms with Crippen molar-refractivity contribution in [1.29, 1.82) is 0 Å². The molecular weight excluding hydrogens is 537 g/mol. The predicted octanol–water partition coefficient (Wildman–Crippen LogP) is 7.10. The Labute approximate surface area is 235 Å². The summed E-state index contributed by atoms with van der Waals surface area (Å²) in [6, 6.07) is 16.5. The van der Waals surface area contributed by atoms with Crippen LogP contribution in [0.4, 0.5) is 0 Å². The largest absolute Gasteiger partial charge is 0.487 e. The van der Waals surface area contributed by atoms with Crippen molar-refractivity contribution in [3.05, 3.63) is 105 Å². The van der Waals surface area contributed by atoms with Gasteiger partial charge in [-0.3, -0.25) is 4.79 Å². The van der Waals surface area contributed by atoms with E-state index < -0.39 is 6.10 Å². The molecule has 1 aromatic heterocycles. The first-order valence-electron chi connectivity index (χ1n) is 12.5. The standard InChI is InChI=1S/C30H25Cl2N3O4/c1-30(2)8-7-20-11-19(3-6-27(20)39-30)28-14-26(36)25-5-4-24(13-29(25)38-28)37-17-23-16-35(34-33-23)15-18-9-21(31)12-22(32)10-18/h3-13,16,28H,14-15,17H2,1-2H3. The summed E-state index contributed by atoms with van der Waals surface area (Å²) < 4.78 is 20.0. The summed E-state index contributed by atoms with van der Waals surface area (Å²) >= 11 is 12.2. The van der Waals surface area contributed by atoms with Crippen LogP contribution in [0.5, 0.6) is 17.2 Å². The molecule has 3 heterocycles. The summed E-state index contributed by atoms with van der Waals surface area (Å²) in [5.41, 5.74) is 3.67. The fourth-order valence-electron chi connectivity index (χ4n) is 4.71. The minimum atomic E-state index is -0.395. The molecule has 0 amide bonds. The number of carbonyl (C=O) groups excluding carboxylic acids is 1.